The molecule has 0 aliphatic heterocycles. The molecule has 144 valence electrons. The standard InChI is InChI=1S/C23H24N2O3/c1-4-21(23(27)25(2)3)28-20-11-10-15-8-9-17(13-19(15)14-20)16-6-5-7-18(12-16)22(24)26/h5-14,21H,4H2,1-3H3,(H2,24,26). The Morgan fingerprint density at radius 2 is 1.68 bits per heavy atom. The summed E-state index contributed by atoms with van der Waals surface area (Å²) in [6.45, 7) is 1.93. The summed E-state index contributed by atoms with van der Waals surface area (Å²) >= 11 is 0. The molecule has 0 saturated heterocycles. The van der Waals surface area contributed by atoms with Crippen LogP contribution in [0, 0.1) is 0 Å². The number of primary amides is 1. The van der Waals surface area contributed by atoms with E-state index in [1.807, 2.05) is 55.5 Å². The molecule has 0 fully saturated rings. The predicted octanol–water partition coefficient (Wildman–Crippen LogP) is 3.85. The van der Waals surface area contributed by atoms with Crippen molar-refractivity contribution in [1.29, 1.82) is 0 Å². The van der Waals surface area contributed by atoms with Gasteiger partial charge in [-0.25, -0.2) is 0 Å². The quantitative estimate of drug-likeness (QED) is 0.710. The van der Waals surface area contributed by atoms with Gasteiger partial charge in [0.2, 0.25) is 5.91 Å². The third kappa shape index (κ3) is 4.14. The van der Waals surface area contributed by atoms with Gasteiger partial charge in [-0.2, -0.15) is 0 Å². The van der Waals surface area contributed by atoms with Crippen molar-refractivity contribution in [3.05, 3.63) is 66.2 Å². The van der Waals surface area contributed by atoms with E-state index in [-0.39, 0.29) is 5.91 Å². The SMILES string of the molecule is CCC(Oc1ccc2ccc(-c3cccc(C(N)=O)c3)cc2c1)C(=O)N(C)C. The lowest BCUT2D eigenvalue weighted by Gasteiger charge is -2.20. The third-order valence-corrected chi connectivity index (χ3v) is 4.66. The Bertz CT molecular complexity index is 1030. The Kier molecular flexibility index (Phi) is 5.64. The molecule has 3 aromatic rings. The van der Waals surface area contributed by atoms with E-state index in [0.717, 1.165) is 21.9 Å². The number of benzene rings is 3. The van der Waals surface area contributed by atoms with E-state index in [0.29, 0.717) is 17.7 Å². The van der Waals surface area contributed by atoms with Gasteiger partial charge >= 0.3 is 0 Å². The molecule has 0 radical (unpaired) electrons. The first kappa shape index (κ1) is 19.4. The Morgan fingerprint density at radius 3 is 2.36 bits per heavy atom. The van der Waals surface area contributed by atoms with Gasteiger partial charge < -0.3 is 15.4 Å². The van der Waals surface area contributed by atoms with E-state index in [9.17, 15) is 9.59 Å². The van der Waals surface area contributed by atoms with Crippen LogP contribution in [0.1, 0.15) is 23.7 Å². The van der Waals surface area contributed by atoms with Gasteiger partial charge in [0.15, 0.2) is 6.10 Å². The molecule has 2 N–H and O–H groups in total. The molecule has 0 aliphatic rings. The van der Waals surface area contributed by atoms with Crippen LogP contribution < -0.4 is 10.5 Å². The average molecular weight is 376 g/mol. The first-order valence-electron chi connectivity index (χ1n) is 9.21. The van der Waals surface area contributed by atoms with Gasteiger partial charge in [0, 0.05) is 19.7 Å². The second-order valence-electron chi connectivity index (χ2n) is 6.92. The molecule has 0 saturated carbocycles. The summed E-state index contributed by atoms with van der Waals surface area (Å²) in [4.78, 5) is 25.2. The molecular weight excluding hydrogens is 352 g/mol. The fraction of sp³-hybridized carbons (Fsp3) is 0.217. The minimum atomic E-state index is -0.511. The molecule has 0 aromatic heterocycles. The van der Waals surface area contributed by atoms with E-state index in [2.05, 4.69) is 0 Å². The summed E-state index contributed by atoms with van der Waals surface area (Å²) in [5.41, 5.74) is 7.76. The molecule has 28 heavy (non-hydrogen) atoms. The molecular formula is C23H24N2O3. The summed E-state index contributed by atoms with van der Waals surface area (Å²) in [6.07, 6.45) is 0.0810. The lowest BCUT2D eigenvalue weighted by atomic mass is 9.99. The molecule has 0 spiro atoms. The average Bonchev–Trinajstić information content (AvgIpc) is 2.70. The van der Waals surface area contributed by atoms with E-state index < -0.39 is 12.0 Å². The second-order valence-corrected chi connectivity index (χ2v) is 6.92. The lowest BCUT2D eigenvalue weighted by Crippen LogP contribution is -2.37. The Hall–Kier alpha value is -3.34. The predicted molar refractivity (Wildman–Crippen MR) is 111 cm³/mol. The monoisotopic (exact) mass is 376 g/mol. The van der Waals surface area contributed by atoms with Crippen molar-refractivity contribution < 1.29 is 14.3 Å². The van der Waals surface area contributed by atoms with Gasteiger partial charge in [-0.1, -0.05) is 37.3 Å². The van der Waals surface area contributed by atoms with E-state index in [1.54, 1.807) is 31.1 Å². The lowest BCUT2D eigenvalue weighted by molar-refractivity contribution is -0.136. The van der Waals surface area contributed by atoms with Crippen LogP contribution in [0.5, 0.6) is 5.75 Å². The summed E-state index contributed by atoms with van der Waals surface area (Å²) < 4.78 is 5.94. The van der Waals surface area contributed by atoms with Crippen LogP contribution in [0.4, 0.5) is 0 Å². The van der Waals surface area contributed by atoms with Gasteiger partial charge in [-0.05, 0) is 58.7 Å². The van der Waals surface area contributed by atoms with Crippen LogP contribution in [0.15, 0.2) is 60.7 Å². The second kappa shape index (κ2) is 8.13. The number of hydrogen-bond acceptors (Lipinski definition) is 3. The number of carbonyl (C=O) groups is 2. The summed E-state index contributed by atoms with van der Waals surface area (Å²) in [5, 5.41) is 2.06. The minimum absolute atomic E-state index is 0.0559. The summed E-state index contributed by atoms with van der Waals surface area (Å²) in [6, 6.07) is 19.1. The zero-order valence-electron chi connectivity index (χ0n) is 16.3. The number of ether oxygens (including phenoxy) is 1. The molecule has 3 rings (SSSR count). The summed E-state index contributed by atoms with van der Waals surface area (Å²) in [5.74, 6) is 0.145. The number of hydrogen-bond donors (Lipinski definition) is 1. The molecule has 5 heteroatoms. The third-order valence-electron chi connectivity index (χ3n) is 4.66. The van der Waals surface area contributed by atoms with E-state index in [1.165, 1.54) is 0 Å². The van der Waals surface area contributed by atoms with Crippen LogP contribution in [-0.2, 0) is 4.79 Å². The maximum absolute atomic E-state index is 12.2. The number of carbonyl (C=O) groups excluding carboxylic acids is 2. The highest BCUT2D eigenvalue weighted by molar-refractivity contribution is 5.95. The number of amides is 2. The topological polar surface area (TPSA) is 72.6 Å². The van der Waals surface area contributed by atoms with Gasteiger partial charge in [0.25, 0.3) is 5.91 Å². The van der Waals surface area contributed by atoms with Gasteiger partial charge in [0.1, 0.15) is 5.75 Å². The number of rotatable bonds is 6. The zero-order chi connectivity index (χ0) is 20.3. The van der Waals surface area contributed by atoms with Crippen molar-refractivity contribution in [2.75, 3.05) is 14.1 Å². The molecule has 5 nitrogen and oxygen atoms in total. The van der Waals surface area contributed by atoms with Gasteiger partial charge in [0.05, 0.1) is 0 Å². The van der Waals surface area contributed by atoms with Gasteiger partial charge in [-0.15, -0.1) is 0 Å². The number of fused-ring (bicyclic) bond motifs is 1. The molecule has 0 heterocycles. The Morgan fingerprint density at radius 1 is 0.964 bits per heavy atom. The van der Waals surface area contributed by atoms with Crippen LogP contribution in [0.3, 0.4) is 0 Å². The number of nitrogens with zero attached hydrogens (tertiary/aromatic N) is 1. The first-order chi connectivity index (χ1) is 13.4. The molecule has 3 aromatic carbocycles. The van der Waals surface area contributed by atoms with Crippen molar-refractivity contribution in [1.82, 2.24) is 4.90 Å². The molecule has 0 bridgehead atoms. The fourth-order valence-electron chi connectivity index (χ4n) is 3.09. The smallest absolute Gasteiger partial charge is 0.263 e. The zero-order valence-corrected chi connectivity index (χ0v) is 16.3. The van der Waals surface area contributed by atoms with Crippen LogP contribution in [-0.4, -0.2) is 36.9 Å². The van der Waals surface area contributed by atoms with Crippen LogP contribution in [0.25, 0.3) is 21.9 Å². The van der Waals surface area contributed by atoms with Crippen molar-refractivity contribution in [2.24, 2.45) is 5.73 Å². The van der Waals surface area contributed by atoms with Crippen molar-refractivity contribution in [3.63, 3.8) is 0 Å². The molecule has 1 atom stereocenters. The van der Waals surface area contributed by atoms with E-state index in [4.69, 9.17) is 10.5 Å². The Balaban J connectivity index is 1.94. The van der Waals surface area contributed by atoms with Crippen LogP contribution >= 0.6 is 0 Å². The summed E-state index contributed by atoms with van der Waals surface area (Å²) in [7, 11) is 3.45. The highest BCUT2D eigenvalue weighted by Gasteiger charge is 2.20. The van der Waals surface area contributed by atoms with Crippen molar-refractivity contribution in [2.45, 2.75) is 19.4 Å². The highest BCUT2D eigenvalue weighted by Crippen LogP contribution is 2.28. The van der Waals surface area contributed by atoms with E-state index >= 15 is 0 Å². The minimum Gasteiger partial charge on any atom is -0.481 e. The molecule has 0 aliphatic carbocycles. The maximum atomic E-state index is 12.2. The largest absolute Gasteiger partial charge is 0.481 e. The van der Waals surface area contributed by atoms with Crippen molar-refractivity contribution in [3.8, 4) is 16.9 Å². The Labute approximate surface area is 164 Å². The molecule has 1 unspecified atom stereocenters. The number of nitrogens with two attached hydrogens (primary N) is 1. The normalized spacial score (nSPS) is 11.8. The highest BCUT2D eigenvalue weighted by atomic mass is 16.5. The maximum Gasteiger partial charge on any atom is 0.263 e. The van der Waals surface area contributed by atoms with Gasteiger partial charge in [-0.3, -0.25) is 9.59 Å². The molecule has 2 amide bonds. The fourth-order valence-corrected chi connectivity index (χ4v) is 3.09. The first-order valence-corrected chi connectivity index (χ1v) is 9.21. The van der Waals surface area contributed by atoms with Crippen molar-refractivity contribution >= 4 is 22.6 Å². The van der Waals surface area contributed by atoms with Crippen LogP contribution in [0.2, 0.25) is 0 Å². The number of likely N-dealkylation sites (N-methyl/N-ethyl adjacent to an activating group) is 1.